The zero-order chi connectivity index (χ0) is 17.4. The lowest BCUT2D eigenvalue weighted by molar-refractivity contribution is 0.780. The summed E-state index contributed by atoms with van der Waals surface area (Å²) in [5.41, 5.74) is 5.31. The van der Waals surface area contributed by atoms with Crippen molar-refractivity contribution in [1.29, 1.82) is 0 Å². The average Bonchev–Trinajstić information content (AvgIpc) is 2.79. The van der Waals surface area contributed by atoms with Gasteiger partial charge in [0.05, 0.1) is 11.4 Å². The molecule has 0 fully saturated rings. The van der Waals surface area contributed by atoms with Crippen molar-refractivity contribution >= 4 is 29.0 Å². The highest BCUT2D eigenvalue weighted by Crippen LogP contribution is 2.35. The smallest absolute Gasteiger partial charge is 0.133 e. The van der Waals surface area contributed by atoms with Gasteiger partial charge < -0.3 is 5.32 Å². The molecular formula is C20H19Cl2N3. The number of benzene rings is 2. The molecule has 3 nitrogen and oxygen atoms in total. The molecule has 0 aliphatic carbocycles. The second-order valence-electron chi connectivity index (χ2n) is 6.42. The Balaban J connectivity index is 1.91. The van der Waals surface area contributed by atoms with E-state index in [2.05, 4.69) is 17.4 Å². The molecular weight excluding hydrogens is 353 g/mol. The van der Waals surface area contributed by atoms with Gasteiger partial charge in [-0.05, 0) is 56.0 Å². The lowest BCUT2D eigenvalue weighted by Crippen LogP contribution is -2.07. The SMILES string of the molecule is Cc1ccc(-n2nc(-c3cccc(Cl)c3)c3c2NCCCC3)cc1Cl. The van der Waals surface area contributed by atoms with Gasteiger partial charge in [-0.15, -0.1) is 0 Å². The van der Waals surface area contributed by atoms with Crippen molar-refractivity contribution in [2.45, 2.75) is 26.2 Å². The summed E-state index contributed by atoms with van der Waals surface area (Å²) in [4.78, 5) is 0. The molecule has 0 radical (unpaired) electrons. The lowest BCUT2D eigenvalue weighted by atomic mass is 10.0. The highest BCUT2D eigenvalue weighted by Gasteiger charge is 2.22. The monoisotopic (exact) mass is 371 g/mol. The summed E-state index contributed by atoms with van der Waals surface area (Å²) in [6, 6.07) is 13.9. The third kappa shape index (κ3) is 3.14. The molecule has 0 saturated carbocycles. The summed E-state index contributed by atoms with van der Waals surface area (Å²) in [5, 5.41) is 9.95. The fourth-order valence-electron chi connectivity index (χ4n) is 3.27. The van der Waals surface area contributed by atoms with Crippen molar-refractivity contribution in [2.75, 3.05) is 11.9 Å². The van der Waals surface area contributed by atoms with E-state index in [1.165, 1.54) is 5.56 Å². The minimum absolute atomic E-state index is 0.723. The molecule has 3 aromatic rings. The van der Waals surface area contributed by atoms with Crippen molar-refractivity contribution < 1.29 is 0 Å². The first kappa shape index (κ1) is 16.5. The Kier molecular flexibility index (Phi) is 4.45. The summed E-state index contributed by atoms with van der Waals surface area (Å²) in [6.07, 6.45) is 3.30. The third-order valence-electron chi connectivity index (χ3n) is 4.63. The van der Waals surface area contributed by atoms with Gasteiger partial charge in [0.1, 0.15) is 5.82 Å². The molecule has 5 heteroatoms. The van der Waals surface area contributed by atoms with E-state index >= 15 is 0 Å². The van der Waals surface area contributed by atoms with Crippen molar-refractivity contribution in [2.24, 2.45) is 0 Å². The maximum Gasteiger partial charge on any atom is 0.133 e. The molecule has 0 bridgehead atoms. The van der Waals surface area contributed by atoms with Crippen LogP contribution in [0.25, 0.3) is 16.9 Å². The van der Waals surface area contributed by atoms with E-state index in [0.717, 1.165) is 64.2 Å². The molecule has 2 heterocycles. The Bertz CT molecular complexity index is 931. The standard InChI is InChI=1S/C20H19Cl2N3/c1-13-8-9-16(12-18(13)22)25-20-17(7-2-3-10-23-20)19(24-25)14-5-4-6-15(21)11-14/h4-6,8-9,11-12,23H,2-3,7,10H2,1H3. The van der Waals surface area contributed by atoms with Gasteiger partial charge in [-0.1, -0.05) is 41.4 Å². The van der Waals surface area contributed by atoms with Crippen molar-refractivity contribution in [3.8, 4) is 16.9 Å². The molecule has 0 atom stereocenters. The van der Waals surface area contributed by atoms with Crippen LogP contribution in [0, 0.1) is 6.92 Å². The molecule has 25 heavy (non-hydrogen) atoms. The van der Waals surface area contributed by atoms with Crippen LogP contribution in [0.5, 0.6) is 0 Å². The normalized spacial score (nSPS) is 13.9. The fraction of sp³-hybridized carbons (Fsp3) is 0.250. The van der Waals surface area contributed by atoms with Crippen LogP contribution in [0.1, 0.15) is 24.0 Å². The number of hydrogen-bond donors (Lipinski definition) is 1. The van der Waals surface area contributed by atoms with E-state index in [9.17, 15) is 0 Å². The molecule has 1 aliphatic heterocycles. The Hall–Kier alpha value is -1.97. The van der Waals surface area contributed by atoms with E-state index in [1.54, 1.807) is 0 Å². The van der Waals surface area contributed by atoms with Gasteiger partial charge in [-0.25, -0.2) is 4.68 Å². The van der Waals surface area contributed by atoms with E-state index in [0.29, 0.717) is 0 Å². The first-order valence-corrected chi connectivity index (χ1v) is 9.27. The molecule has 2 aromatic carbocycles. The van der Waals surface area contributed by atoms with Gasteiger partial charge in [-0.3, -0.25) is 0 Å². The summed E-state index contributed by atoms with van der Waals surface area (Å²) in [5.74, 6) is 1.06. The van der Waals surface area contributed by atoms with Gasteiger partial charge >= 0.3 is 0 Å². The number of rotatable bonds is 2. The minimum Gasteiger partial charge on any atom is -0.370 e. The zero-order valence-electron chi connectivity index (χ0n) is 14.0. The first-order chi connectivity index (χ1) is 12.1. The molecule has 1 aromatic heterocycles. The van der Waals surface area contributed by atoms with Crippen LogP contribution in [-0.2, 0) is 6.42 Å². The van der Waals surface area contributed by atoms with Gasteiger partial charge in [0.15, 0.2) is 0 Å². The number of aryl methyl sites for hydroxylation is 1. The van der Waals surface area contributed by atoms with Gasteiger partial charge in [-0.2, -0.15) is 5.10 Å². The number of nitrogens with zero attached hydrogens (tertiary/aromatic N) is 2. The molecule has 0 spiro atoms. The maximum atomic E-state index is 6.34. The maximum absolute atomic E-state index is 6.34. The van der Waals surface area contributed by atoms with Crippen LogP contribution < -0.4 is 5.32 Å². The Morgan fingerprint density at radius 1 is 1.08 bits per heavy atom. The van der Waals surface area contributed by atoms with Crippen molar-refractivity contribution in [1.82, 2.24) is 9.78 Å². The first-order valence-electron chi connectivity index (χ1n) is 8.52. The van der Waals surface area contributed by atoms with Crippen LogP contribution in [0.3, 0.4) is 0 Å². The summed E-state index contributed by atoms with van der Waals surface area (Å²) in [7, 11) is 0. The predicted octanol–water partition coefficient (Wildman–Crippen LogP) is 5.90. The van der Waals surface area contributed by atoms with Gasteiger partial charge in [0, 0.05) is 27.7 Å². The lowest BCUT2D eigenvalue weighted by Gasteiger charge is -2.10. The topological polar surface area (TPSA) is 29.9 Å². The molecule has 0 amide bonds. The Morgan fingerprint density at radius 2 is 1.96 bits per heavy atom. The van der Waals surface area contributed by atoms with Crippen LogP contribution in [-0.4, -0.2) is 16.3 Å². The van der Waals surface area contributed by atoms with Gasteiger partial charge in [0.2, 0.25) is 0 Å². The minimum atomic E-state index is 0.723. The average molecular weight is 372 g/mol. The number of hydrogen-bond acceptors (Lipinski definition) is 2. The van der Waals surface area contributed by atoms with Crippen LogP contribution in [0.4, 0.5) is 5.82 Å². The largest absolute Gasteiger partial charge is 0.370 e. The summed E-state index contributed by atoms with van der Waals surface area (Å²) >= 11 is 12.5. The Labute approximate surface area is 157 Å². The highest BCUT2D eigenvalue weighted by atomic mass is 35.5. The number of anilines is 1. The molecule has 1 N–H and O–H groups in total. The van der Waals surface area contributed by atoms with Crippen LogP contribution in [0.15, 0.2) is 42.5 Å². The van der Waals surface area contributed by atoms with Crippen LogP contribution in [0.2, 0.25) is 10.0 Å². The molecule has 0 saturated heterocycles. The number of halogens is 2. The number of aromatic nitrogens is 2. The van der Waals surface area contributed by atoms with E-state index in [1.807, 2.05) is 41.9 Å². The Morgan fingerprint density at radius 3 is 2.76 bits per heavy atom. The molecule has 1 aliphatic rings. The molecule has 128 valence electrons. The molecule has 0 unspecified atom stereocenters. The quantitative estimate of drug-likeness (QED) is 0.607. The van der Waals surface area contributed by atoms with E-state index < -0.39 is 0 Å². The fourth-order valence-corrected chi connectivity index (χ4v) is 3.64. The zero-order valence-corrected chi connectivity index (χ0v) is 15.5. The van der Waals surface area contributed by atoms with Gasteiger partial charge in [0.25, 0.3) is 0 Å². The summed E-state index contributed by atoms with van der Waals surface area (Å²) < 4.78 is 1.97. The van der Waals surface area contributed by atoms with Crippen LogP contribution >= 0.6 is 23.2 Å². The predicted molar refractivity (Wildman–Crippen MR) is 105 cm³/mol. The second kappa shape index (κ2) is 6.74. The van der Waals surface area contributed by atoms with Crippen molar-refractivity contribution in [3.63, 3.8) is 0 Å². The van der Waals surface area contributed by atoms with Crippen molar-refractivity contribution in [3.05, 3.63) is 63.6 Å². The number of nitrogens with one attached hydrogen (secondary N) is 1. The van der Waals surface area contributed by atoms with E-state index in [4.69, 9.17) is 28.3 Å². The summed E-state index contributed by atoms with van der Waals surface area (Å²) in [6.45, 7) is 2.96. The molecule has 4 rings (SSSR count). The van der Waals surface area contributed by atoms with E-state index in [-0.39, 0.29) is 0 Å². The highest BCUT2D eigenvalue weighted by molar-refractivity contribution is 6.31. The second-order valence-corrected chi connectivity index (χ2v) is 7.26. The number of fused-ring (bicyclic) bond motifs is 1. The third-order valence-corrected chi connectivity index (χ3v) is 5.27.